The summed E-state index contributed by atoms with van der Waals surface area (Å²) in [4.78, 5) is 24.9. The molecule has 0 unspecified atom stereocenters. The third-order valence-corrected chi connectivity index (χ3v) is 4.33. The molecule has 1 aromatic carbocycles. The number of fused-ring (bicyclic) bond motifs is 1. The lowest BCUT2D eigenvalue weighted by Crippen LogP contribution is -2.49. The highest BCUT2D eigenvalue weighted by Crippen LogP contribution is 2.21. The van der Waals surface area contributed by atoms with Crippen LogP contribution >= 0.6 is 0 Å². The molecule has 1 fully saturated rings. The average molecular weight is 341 g/mol. The highest BCUT2D eigenvalue weighted by molar-refractivity contribution is 5.94. The van der Waals surface area contributed by atoms with Crippen LogP contribution in [0.4, 0.5) is 10.2 Å². The number of anilines is 1. The number of carbonyl (C=O) groups is 1. The first-order valence-corrected chi connectivity index (χ1v) is 7.93. The summed E-state index contributed by atoms with van der Waals surface area (Å²) in [6.45, 7) is 2.38. The van der Waals surface area contributed by atoms with Crippen LogP contribution < -0.4 is 4.90 Å². The minimum Gasteiger partial charge on any atom is -0.351 e. The molecule has 4 rings (SSSR count). The van der Waals surface area contributed by atoms with Gasteiger partial charge < -0.3 is 9.80 Å². The Kier molecular flexibility index (Phi) is 3.75. The number of rotatable bonds is 2. The predicted molar refractivity (Wildman–Crippen MR) is 88.6 cm³/mol. The molecular weight excluding hydrogens is 325 g/mol. The average Bonchev–Trinajstić information content (AvgIpc) is 3.03. The fraction of sp³-hybridized carbons (Fsp3) is 0.312. The molecule has 1 amide bonds. The maximum atomic E-state index is 13.0. The van der Waals surface area contributed by atoms with Crippen molar-refractivity contribution in [3.8, 4) is 0 Å². The number of nitrogens with zero attached hydrogens (tertiary/aromatic N) is 7. The Morgan fingerprint density at radius 3 is 2.52 bits per heavy atom. The van der Waals surface area contributed by atoms with Crippen LogP contribution in [0.1, 0.15) is 10.4 Å². The van der Waals surface area contributed by atoms with E-state index < -0.39 is 0 Å². The summed E-state index contributed by atoms with van der Waals surface area (Å²) in [5, 5.41) is 8.12. The quantitative estimate of drug-likeness (QED) is 0.688. The zero-order valence-corrected chi connectivity index (χ0v) is 13.6. The van der Waals surface area contributed by atoms with Gasteiger partial charge in [0.2, 0.25) is 0 Å². The predicted octanol–water partition coefficient (Wildman–Crippen LogP) is 0.860. The van der Waals surface area contributed by atoms with Crippen molar-refractivity contribution in [1.82, 2.24) is 29.9 Å². The van der Waals surface area contributed by atoms with Gasteiger partial charge in [0.25, 0.3) is 5.91 Å². The van der Waals surface area contributed by atoms with E-state index in [9.17, 15) is 9.18 Å². The van der Waals surface area contributed by atoms with Gasteiger partial charge >= 0.3 is 0 Å². The fourth-order valence-electron chi connectivity index (χ4n) is 2.97. The zero-order chi connectivity index (χ0) is 17.4. The number of benzene rings is 1. The largest absolute Gasteiger partial charge is 0.351 e. The Morgan fingerprint density at radius 2 is 1.80 bits per heavy atom. The molecule has 0 aliphatic carbocycles. The molecule has 8 nitrogen and oxygen atoms in total. The minimum absolute atomic E-state index is 0.0908. The van der Waals surface area contributed by atoms with Crippen molar-refractivity contribution in [2.75, 3.05) is 31.1 Å². The SMILES string of the molecule is Cn1nnc2c(N3CCN(C(=O)c4ccc(F)cc4)CC3)ncnc21. The molecule has 9 heteroatoms. The molecule has 0 atom stereocenters. The molecule has 0 N–H and O–H groups in total. The Labute approximate surface area is 142 Å². The first-order chi connectivity index (χ1) is 12.1. The lowest BCUT2D eigenvalue weighted by atomic mass is 10.2. The maximum absolute atomic E-state index is 13.0. The second-order valence-corrected chi connectivity index (χ2v) is 5.87. The van der Waals surface area contributed by atoms with E-state index in [-0.39, 0.29) is 11.7 Å². The molecule has 3 aromatic rings. The highest BCUT2D eigenvalue weighted by atomic mass is 19.1. The van der Waals surface area contributed by atoms with Gasteiger partial charge in [-0.2, -0.15) is 0 Å². The van der Waals surface area contributed by atoms with Crippen LogP contribution in [-0.2, 0) is 7.05 Å². The van der Waals surface area contributed by atoms with Crippen LogP contribution in [0.3, 0.4) is 0 Å². The second kappa shape index (κ2) is 6.08. The number of carbonyl (C=O) groups excluding carboxylic acids is 1. The molecule has 128 valence electrons. The van der Waals surface area contributed by atoms with Crippen molar-refractivity contribution in [3.63, 3.8) is 0 Å². The monoisotopic (exact) mass is 341 g/mol. The summed E-state index contributed by atoms with van der Waals surface area (Å²) < 4.78 is 14.6. The normalized spacial score (nSPS) is 15.0. The number of aryl methyl sites for hydroxylation is 1. The lowest BCUT2D eigenvalue weighted by Gasteiger charge is -2.35. The Hall–Kier alpha value is -3.10. The van der Waals surface area contributed by atoms with Gasteiger partial charge in [0.1, 0.15) is 12.1 Å². The van der Waals surface area contributed by atoms with Crippen molar-refractivity contribution in [3.05, 3.63) is 42.0 Å². The molecule has 2 aromatic heterocycles. The standard InChI is InChI=1S/C16H16FN7O/c1-22-14-13(20-21-22)15(19-10-18-14)23-6-8-24(9-7-23)16(25)11-2-4-12(17)5-3-11/h2-5,10H,6-9H2,1H3. The van der Waals surface area contributed by atoms with Crippen LogP contribution in [0.5, 0.6) is 0 Å². The van der Waals surface area contributed by atoms with Crippen molar-refractivity contribution < 1.29 is 9.18 Å². The van der Waals surface area contributed by atoms with Crippen LogP contribution in [0, 0.1) is 5.82 Å². The maximum Gasteiger partial charge on any atom is 0.253 e. The van der Waals surface area contributed by atoms with Gasteiger partial charge in [-0.05, 0) is 24.3 Å². The van der Waals surface area contributed by atoms with E-state index in [1.165, 1.54) is 30.6 Å². The van der Waals surface area contributed by atoms with Crippen molar-refractivity contribution in [2.24, 2.45) is 7.05 Å². The van der Waals surface area contributed by atoms with Gasteiger partial charge in [0.05, 0.1) is 0 Å². The molecule has 25 heavy (non-hydrogen) atoms. The smallest absolute Gasteiger partial charge is 0.253 e. The van der Waals surface area contributed by atoms with Crippen LogP contribution in [-0.4, -0.2) is 61.9 Å². The molecule has 0 saturated carbocycles. The van der Waals surface area contributed by atoms with Gasteiger partial charge in [-0.1, -0.05) is 5.21 Å². The number of hydrogen-bond acceptors (Lipinski definition) is 6. The van der Waals surface area contributed by atoms with E-state index in [1.54, 1.807) is 16.6 Å². The number of piperazine rings is 1. The molecule has 1 aliphatic heterocycles. The molecule has 1 saturated heterocycles. The summed E-state index contributed by atoms with van der Waals surface area (Å²) in [5.41, 5.74) is 1.83. The van der Waals surface area contributed by atoms with Gasteiger partial charge in [-0.3, -0.25) is 4.79 Å². The molecular formula is C16H16FN7O. The third-order valence-electron chi connectivity index (χ3n) is 4.33. The zero-order valence-electron chi connectivity index (χ0n) is 13.6. The van der Waals surface area contributed by atoms with Crippen LogP contribution in [0.15, 0.2) is 30.6 Å². The summed E-state index contributed by atoms with van der Waals surface area (Å²) in [6.07, 6.45) is 1.50. The Bertz CT molecular complexity index is 916. The lowest BCUT2D eigenvalue weighted by molar-refractivity contribution is 0.0746. The number of aromatic nitrogens is 5. The van der Waals surface area contributed by atoms with Gasteiger partial charge in [0, 0.05) is 38.8 Å². The van der Waals surface area contributed by atoms with Gasteiger partial charge in [-0.25, -0.2) is 19.0 Å². The highest BCUT2D eigenvalue weighted by Gasteiger charge is 2.25. The summed E-state index contributed by atoms with van der Waals surface area (Å²) in [6, 6.07) is 5.62. The molecule has 3 heterocycles. The first kappa shape index (κ1) is 15.4. The summed E-state index contributed by atoms with van der Waals surface area (Å²) in [7, 11) is 1.78. The van der Waals surface area contributed by atoms with E-state index in [4.69, 9.17) is 0 Å². The Balaban J connectivity index is 1.49. The van der Waals surface area contributed by atoms with Crippen molar-refractivity contribution in [1.29, 1.82) is 0 Å². The second-order valence-electron chi connectivity index (χ2n) is 5.87. The minimum atomic E-state index is -0.349. The molecule has 1 aliphatic rings. The fourth-order valence-corrected chi connectivity index (χ4v) is 2.97. The van der Waals surface area contributed by atoms with E-state index in [1.807, 2.05) is 0 Å². The summed E-state index contributed by atoms with van der Waals surface area (Å²) >= 11 is 0. The molecule has 0 bridgehead atoms. The topological polar surface area (TPSA) is 80.0 Å². The van der Waals surface area contributed by atoms with Gasteiger partial charge in [0.15, 0.2) is 17.0 Å². The van der Waals surface area contributed by atoms with Gasteiger partial charge in [-0.15, -0.1) is 5.10 Å². The van der Waals surface area contributed by atoms with Crippen LogP contribution in [0.25, 0.3) is 11.2 Å². The van der Waals surface area contributed by atoms with E-state index in [0.717, 1.165) is 5.82 Å². The molecule has 0 radical (unpaired) electrons. The van der Waals surface area contributed by atoms with E-state index in [0.29, 0.717) is 42.9 Å². The third kappa shape index (κ3) is 2.77. The van der Waals surface area contributed by atoms with E-state index >= 15 is 0 Å². The Morgan fingerprint density at radius 1 is 1.08 bits per heavy atom. The number of hydrogen-bond donors (Lipinski definition) is 0. The first-order valence-electron chi connectivity index (χ1n) is 7.93. The molecule has 0 spiro atoms. The van der Waals surface area contributed by atoms with Crippen molar-refractivity contribution >= 4 is 22.9 Å². The van der Waals surface area contributed by atoms with Crippen LogP contribution in [0.2, 0.25) is 0 Å². The van der Waals surface area contributed by atoms with Crippen molar-refractivity contribution in [2.45, 2.75) is 0 Å². The number of halogens is 1. The van der Waals surface area contributed by atoms with E-state index in [2.05, 4.69) is 25.2 Å². The number of amides is 1. The summed E-state index contributed by atoms with van der Waals surface area (Å²) in [5.74, 6) is 0.289.